The van der Waals surface area contributed by atoms with Crippen LogP contribution in [-0.4, -0.2) is 47.9 Å². The molecule has 7 heteroatoms. The van der Waals surface area contributed by atoms with Gasteiger partial charge in [-0.25, -0.2) is 0 Å². The lowest BCUT2D eigenvalue weighted by Crippen LogP contribution is -2.57. The van der Waals surface area contributed by atoms with Crippen LogP contribution in [0.15, 0.2) is 24.3 Å². The highest BCUT2D eigenvalue weighted by Crippen LogP contribution is 2.28. The van der Waals surface area contributed by atoms with Crippen LogP contribution in [-0.2, 0) is 9.59 Å². The quantitative estimate of drug-likeness (QED) is 0.842. The highest BCUT2D eigenvalue weighted by Gasteiger charge is 2.35. The normalized spacial score (nSPS) is 29.3. The number of rotatable bonds is 4. The minimum atomic E-state index is -0.0875. The van der Waals surface area contributed by atoms with Gasteiger partial charge in [0.2, 0.25) is 11.8 Å². The monoisotopic (exact) mass is 378 g/mol. The number of carbonyl (C=O) groups excluding carboxylic acids is 2. The summed E-state index contributed by atoms with van der Waals surface area (Å²) in [6.07, 6.45) is 1.28. The summed E-state index contributed by atoms with van der Waals surface area (Å²) in [7, 11) is 0. The molecule has 2 aliphatic heterocycles. The molecule has 0 aromatic heterocycles. The number of hydrogen-bond donors (Lipinski definition) is 2. The van der Waals surface area contributed by atoms with E-state index in [0.717, 1.165) is 6.42 Å². The van der Waals surface area contributed by atoms with Gasteiger partial charge in [0.25, 0.3) is 0 Å². The fraction of sp³-hybridized carbons (Fsp3) is 0.579. The van der Waals surface area contributed by atoms with E-state index < -0.39 is 0 Å². The molecule has 0 saturated carbocycles. The lowest BCUT2D eigenvalue weighted by Gasteiger charge is -2.40. The van der Waals surface area contributed by atoms with E-state index >= 15 is 0 Å². The molecule has 26 heavy (non-hydrogen) atoms. The number of para-hydroxylation sites is 1. The first-order valence-electron chi connectivity index (χ1n) is 9.24. The van der Waals surface area contributed by atoms with Crippen LogP contribution >= 0.6 is 11.6 Å². The standard InChI is InChI=1S/C19H27ClN4O2/c1-12-10-24(17-7-5-4-6-16(17)20)19(26)11-23(12)18(25)9-8-15-13(2)21-22-14(15)3/h4-7,12-15,21-22H,8-11H2,1-3H3. The van der Waals surface area contributed by atoms with Gasteiger partial charge in [0.15, 0.2) is 0 Å². The van der Waals surface area contributed by atoms with Crippen molar-refractivity contribution in [2.45, 2.75) is 51.7 Å². The summed E-state index contributed by atoms with van der Waals surface area (Å²) < 4.78 is 0. The third kappa shape index (κ3) is 3.87. The molecule has 3 atom stereocenters. The molecule has 1 aromatic carbocycles. The first kappa shape index (κ1) is 19.1. The van der Waals surface area contributed by atoms with Crippen molar-refractivity contribution in [1.82, 2.24) is 15.8 Å². The van der Waals surface area contributed by atoms with Crippen LogP contribution in [0.4, 0.5) is 5.69 Å². The number of halogens is 1. The second-order valence-electron chi connectivity index (χ2n) is 7.39. The number of benzene rings is 1. The second kappa shape index (κ2) is 7.94. The molecule has 0 aliphatic carbocycles. The summed E-state index contributed by atoms with van der Waals surface area (Å²) in [4.78, 5) is 28.7. The summed E-state index contributed by atoms with van der Waals surface area (Å²) in [5, 5.41) is 0.553. The van der Waals surface area contributed by atoms with Crippen LogP contribution < -0.4 is 15.8 Å². The first-order chi connectivity index (χ1) is 12.4. The molecule has 3 rings (SSSR count). The average Bonchev–Trinajstić information content (AvgIpc) is 2.93. The first-order valence-corrected chi connectivity index (χ1v) is 9.61. The van der Waals surface area contributed by atoms with Gasteiger partial charge in [0.1, 0.15) is 6.54 Å². The number of hydrogen-bond acceptors (Lipinski definition) is 4. The highest BCUT2D eigenvalue weighted by atomic mass is 35.5. The molecule has 1 aromatic rings. The molecular weight excluding hydrogens is 352 g/mol. The number of carbonyl (C=O) groups is 2. The van der Waals surface area contributed by atoms with Crippen molar-refractivity contribution in [3.63, 3.8) is 0 Å². The third-order valence-electron chi connectivity index (χ3n) is 5.56. The van der Waals surface area contributed by atoms with Crippen LogP contribution in [0.25, 0.3) is 0 Å². The number of amides is 2. The molecule has 142 valence electrons. The Hall–Kier alpha value is -1.63. The minimum absolute atomic E-state index is 0.0360. The molecule has 0 spiro atoms. The molecule has 6 nitrogen and oxygen atoms in total. The number of hydrazine groups is 1. The zero-order valence-corrected chi connectivity index (χ0v) is 16.3. The number of nitrogens with one attached hydrogen (secondary N) is 2. The summed E-state index contributed by atoms with van der Waals surface area (Å²) in [6, 6.07) is 7.97. The maximum Gasteiger partial charge on any atom is 0.246 e. The van der Waals surface area contributed by atoms with Crippen LogP contribution in [0.1, 0.15) is 33.6 Å². The Labute approximate surface area is 159 Å². The van der Waals surface area contributed by atoms with Crippen molar-refractivity contribution in [2.24, 2.45) is 5.92 Å². The van der Waals surface area contributed by atoms with E-state index in [4.69, 9.17) is 11.6 Å². The Kier molecular flexibility index (Phi) is 5.85. The zero-order chi connectivity index (χ0) is 18.8. The van der Waals surface area contributed by atoms with Crippen LogP contribution in [0, 0.1) is 5.92 Å². The largest absolute Gasteiger partial charge is 0.329 e. The molecular formula is C19H27ClN4O2. The SMILES string of the molecule is CC1NNC(C)C1CCC(=O)N1CC(=O)N(c2ccccc2Cl)CC1C. The topological polar surface area (TPSA) is 64.7 Å². The summed E-state index contributed by atoms with van der Waals surface area (Å²) in [5.41, 5.74) is 7.15. The van der Waals surface area contributed by atoms with Crippen molar-refractivity contribution >= 4 is 29.1 Å². The molecule has 2 fully saturated rings. The molecule has 0 radical (unpaired) electrons. The molecule has 2 amide bonds. The van der Waals surface area contributed by atoms with Gasteiger partial charge in [-0.3, -0.25) is 20.4 Å². The predicted molar refractivity (Wildman–Crippen MR) is 103 cm³/mol. The van der Waals surface area contributed by atoms with Gasteiger partial charge in [-0.1, -0.05) is 23.7 Å². The lowest BCUT2D eigenvalue weighted by molar-refractivity contribution is -0.139. The molecule has 2 aliphatic rings. The number of piperazine rings is 1. The van der Waals surface area contributed by atoms with Crippen LogP contribution in [0.3, 0.4) is 0 Å². The Balaban J connectivity index is 1.61. The second-order valence-corrected chi connectivity index (χ2v) is 7.80. The van der Waals surface area contributed by atoms with Crippen molar-refractivity contribution in [3.8, 4) is 0 Å². The highest BCUT2D eigenvalue weighted by molar-refractivity contribution is 6.33. The van der Waals surface area contributed by atoms with Gasteiger partial charge in [-0.05, 0) is 45.2 Å². The third-order valence-corrected chi connectivity index (χ3v) is 5.88. The van der Waals surface area contributed by atoms with Crippen LogP contribution in [0.5, 0.6) is 0 Å². The van der Waals surface area contributed by atoms with Gasteiger partial charge in [-0.2, -0.15) is 0 Å². The van der Waals surface area contributed by atoms with Gasteiger partial charge < -0.3 is 9.80 Å². The van der Waals surface area contributed by atoms with Gasteiger partial charge in [0, 0.05) is 31.1 Å². The molecule has 2 N–H and O–H groups in total. The summed E-state index contributed by atoms with van der Waals surface area (Å²) >= 11 is 6.23. The smallest absolute Gasteiger partial charge is 0.246 e. The minimum Gasteiger partial charge on any atom is -0.329 e. The average molecular weight is 379 g/mol. The zero-order valence-electron chi connectivity index (χ0n) is 15.5. The van der Waals surface area contributed by atoms with E-state index in [-0.39, 0.29) is 24.4 Å². The van der Waals surface area contributed by atoms with Crippen molar-refractivity contribution in [3.05, 3.63) is 29.3 Å². The maximum absolute atomic E-state index is 12.7. The molecule has 3 unspecified atom stereocenters. The predicted octanol–water partition coefficient (Wildman–Crippen LogP) is 2.18. The Bertz CT molecular complexity index is 673. The Morgan fingerprint density at radius 3 is 2.50 bits per heavy atom. The van der Waals surface area contributed by atoms with Gasteiger partial charge in [-0.15, -0.1) is 0 Å². The van der Waals surface area contributed by atoms with E-state index in [1.54, 1.807) is 15.9 Å². The maximum atomic E-state index is 12.7. The number of anilines is 1. The Morgan fingerprint density at radius 1 is 1.19 bits per heavy atom. The van der Waals surface area contributed by atoms with Gasteiger partial charge in [0.05, 0.1) is 10.7 Å². The van der Waals surface area contributed by atoms with E-state index in [1.165, 1.54) is 0 Å². The van der Waals surface area contributed by atoms with Crippen molar-refractivity contribution in [2.75, 3.05) is 18.0 Å². The fourth-order valence-electron chi connectivity index (χ4n) is 3.93. The summed E-state index contributed by atoms with van der Waals surface area (Å²) in [6.45, 7) is 6.81. The van der Waals surface area contributed by atoms with Gasteiger partial charge >= 0.3 is 0 Å². The fourth-order valence-corrected chi connectivity index (χ4v) is 4.17. The van der Waals surface area contributed by atoms with E-state index in [1.807, 2.05) is 25.1 Å². The van der Waals surface area contributed by atoms with Crippen LogP contribution in [0.2, 0.25) is 5.02 Å². The van der Waals surface area contributed by atoms with E-state index in [0.29, 0.717) is 41.7 Å². The molecule has 2 saturated heterocycles. The Morgan fingerprint density at radius 2 is 1.85 bits per heavy atom. The van der Waals surface area contributed by atoms with Crippen molar-refractivity contribution < 1.29 is 9.59 Å². The molecule has 0 bridgehead atoms. The number of nitrogens with zero attached hydrogens (tertiary/aromatic N) is 2. The van der Waals surface area contributed by atoms with Crippen molar-refractivity contribution in [1.29, 1.82) is 0 Å². The van der Waals surface area contributed by atoms with E-state index in [2.05, 4.69) is 24.7 Å². The lowest BCUT2D eigenvalue weighted by atomic mass is 9.91. The van der Waals surface area contributed by atoms with E-state index in [9.17, 15) is 9.59 Å². The summed E-state index contributed by atoms with van der Waals surface area (Å²) in [5.74, 6) is 0.376. The molecule has 2 heterocycles.